The summed E-state index contributed by atoms with van der Waals surface area (Å²) in [7, 11) is 0. The van der Waals surface area contributed by atoms with E-state index in [2.05, 4.69) is 15.2 Å². The Kier molecular flexibility index (Phi) is 4.73. The molecule has 0 aliphatic carbocycles. The number of amides is 1. The molecule has 21 heavy (non-hydrogen) atoms. The van der Waals surface area contributed by atoms with Crippen molar-refractivity contribution in [2.45, 2.75) is 25.4 Å². The first kappa shape index (κ1) is 14.8. The van der Waals surface area contributed by atoms with Crippen molar-refractivity contribution in [2.75, 3.05) is 32.7 Å². The normalized spacial score (nSPS) is 23.5. The van der Waals surface area contributed by atoms with Crippen molar-refractivity contribution >= 4 is 17.5 Å². The number of carbonyl (C=O) groups is 1. The van der Waals surface area contributed by atoms with E-state index in [4.69, 9.17) is 11.6 Å². The molecule has 5 nitrogen and oxygen atoms in total. The first-order valence-corrected chi connectivity index (χ1v) is 7.95. The number of pyridine rings is 1. The highest BCUT2D eigenvalue weighted by molar-refractivity contribution is 6.31. The molecule has 1 atom stereocenters. The van der Waals surface area contributed by atoms with E-state index in [0.29, 0.717) is 5.02 Å². The minimum Gasteiger partial charge on any atom is -0.339 e. The van der Waals surface area contributed by atoms with Crippen LogP contribution in [0.15, 0.2) is 18.5 Å². The maximum atomic E-state index is 12.7. The molecule has 2 saturated heterocycles. The third-order valence-corrected chi connectivity index (χ3v) is 4.65. The predicted octanol–water partition coefficient (Wildman–Crippen LogP) is 1.13. The van der Waals surface area contributed by atoms with Crippen molar-refractivity contribution < 1.29 is 4.79 Å². The van der Waals surface area contributed by atoms with Crippen LogP contribution in [0.25, 0.3) is 0 Å². The Hall–Kier alpha value is -1.17. The lowest BCUT2D eigenvalue weighted by atomic mass is 10.1. The van der Waals surface area contributed by atoms with Gasteiger partial charge in [-0.3, -0.25) is 14.7 Å². The van der Waals surface area contributed by atoms with Crippen molar-refractivity contribution in [2.24, 2.45) is 0 Å². The molecule has 0 spiro atoms. The van der Waals surface area contributed by atoms with Gasteiger partial charge in [-0.15, -0.1) is 0 Å². The number of rotatable bonds is 3. The second-order valence-corrected chi connectivity index (χ2v) is 6.08. The molecular formula is C15H21ClN4O. The smallest absolute Gasteiger partial charge is 0.240 e. The van der Waals surface area contributed by atoms with Crippen LogP contribution in [0.1, 0.15) is 18.4 Å². The molecule has 1 unspecified atom stereocenters. The van der Waals surface area contributed by atoms with Gasteiger partial charge < -0.3 is 10.2 Å². The molecule has 3 rings (SSSR count). The van der Waals surface area contributed by atoms with Gasteiger partial charge in [0.15, 0.2) is 0 Å². The van der Waals surface area contributed by atoms with Gasteiger partial charge in [0.25, 0.3) is 0 Å². The summed E-state index contributed by atoms with van der Waals surface area (Å²) in [5, 5.41) is 3.97. The SMILES string of the molecule is O=C(C1CCCN1Cc1ccncc1Cl)N1CCNCC1. The minimum atomic E-state index is 0.00679. The quantitative estimate of drug-likeness (QED) is 0.909. The minimum absolute atomic E-state index is 0.00679. The average molecular weight is 309 g/mol. The average Bonchev–Trinajstić information content (AvgIpc) is 2.98. The number of piperazine rings is 1. The Morgan fingerprint density at radius 1 is 1.38 bits per heavy atom. The van der Waals surface area contributed by atoms with E-state index in [1.54, 1.807) is 12.4 Å². The molecule has 6 heteroatoms. The van der Waals surface area contributed by atoms with Crippen LogP contribution < -0.4 is 5.32 Å². The highest BCUT2D eigenvalue weighted by Crippen LogP contribution is 2.24. The van der Waals surface area contributed by atoms with Gasteiger partial charge in [-0.2, -0.15) is 0 Å². The van der Waals surface area contributed by atoms with Crippen molar-refractivity contribution in [1.82, 2.24) is 20.1 Å². The number of hydrogen-bond donors (Lipinski definition) is 1. The highest BCUT2D eigenvalue weighted by Gasteiger charge is 2.34. The maximum Gasteiger partial charge on any atom is 0.240 e. The number of carbonyl (C=O) groups excluding carboxylic acids is 1. The topological polar surface area (TPSA) is 48.5 Å². The number of nitrogens with zero attached hydrogens (tertiary/aromatic N) is 3. The number of aromatic nitrogens is 1. The molecule has 1 N–H and O–H groups in total. The molecule has 0 bridgehead atoms. The molecule has 2 aliphatic rings. The number of hydrogen-bond acceptors (Lipinski definition) is 4. The second-order valence-electron chi connectivity index (χ2n) is 5.67. The van der Waals surface area contributed by atoms with E-state index >= 15 is 0 Å². The van der Waals surface area contributed by atoms with Crippen LogP contribution in [0, 0.1) is 0 Å². The first-order chi connectivity index (χ1) is 10.3. The molecule has 2 aliphatic heterocycles. The number of nitrogens with one attached hydrogen (secondary N) is 1. The van der Waals surface area contributed by atoms with Crippen molar-refractivity contribution in [3.05, 3.63) is 29.0 Å². The van der Waals surface area contributed by atoms with Gasteiger partial charge >= 0.3 is 0 Å². The summed E-state index contributed by atoms with van der Waals surface area (Å²) in [4.78, 5) is 21.0. The highest BCUT2D eigenvalue weighted by atomic mass is 35.5. The predicted molar refractivity (Wildman–Crippen MR) is 82.1 cm³/mol. The Bertz CT molecular complexity index is 504. The molecule has 2 fully saturated rings. The van der Waals surface area contributed by atoms with Crippen LogP contribution >= 0.6 is 11.6 Å². The maximum absolute atomic E-state index is 12.7. The van der Waals surface area contributed by atoms with Crippen molar-refractivity contribution in [3.63, 3.8) is 0 Å². The fourth-order valence-corrected chi connectivity index (χ4v) is 3.32. The second kappa shape index (κ2) is 6.73. The lowest BCUT2D eigenvalue weighted by molar-refractivity contribution is -0.136. The molecule has 0 radical (unpaired) electrons. The summed E-state index contributed by atoms with van der Waals surface area (Å²) in [6, 6.07) is 1.94. The Labute approximate surface area is 130 Å². The number of likely N-dealkylation sites (tertiary alicyclic amines) is 1. The van der Waals surface area contributed by atoms with Crippen molar-refractivity contribution in [1.29, 1.82) is 0 Å². The number of halogens is 1. The van der Waals surface area contributed by atoms with Gasteiger partial charge in [-0.1, -0.05) is 11.6 Å². The summed E-state index contributed by atoms with van der Waals surface area (Å²) in [6.07, 6.45) is 5.45. The lowest BCUT2D eigenvalue weighted by Gasteiger charge is -2.33. The molecule has 0 saturated carbocycles. The zero-order valence-electron chi connectivity index (χ0n) is 12.1. The van der Waals surface area contributed by atoms with Crippen LogP contribution in [0.3, 0.4) is 0 Å². The van der Waals surface area contributed by atoms with E-state index in [1.165, 1.54) is 0 Å². The molecule has 1 aromatic rings. The molecule has 3 heterocycles. The Balaban J connectivity index is 1.67. The van der Waals surface area contributed by atoms with E-state index in [1.807, 2.05) is 11.0 Å². The fourth-order valence-electron chi connectivity index (χ4n) is 3.14. The van der Waals surface area contributed by atoms with E-state index in [-0.39, 0.29) is 11.9 Å². The molecular weight excluding hydrogens is 288 g/mol. The lowest BCUT2D eigenvalue weighted by Crippen LogP contribution is -2.52. The van der Waals surface area contributed by atoms with Gasteiger partial charge in [0.05, 0.1) is 11.1 Å². The van der Waals surface area contributed by atoms with Gasteiger partial charge in [-0.05, 0) is 31.0 Å². The van der Waals surface area contributed by atoms with Gasteiger partial charge in [0, 0.05) is 45.1 Å². The Morgan fingerprint density at radius 3 is 2.95 bits per heavy atom. The largest absolute Gasteiger partial charge is 0.339 e. The van der Waals surface area contributed by atoms with Crippen LogP contribution in [0.4, 0.5) is 0 Å². The summed E-state index contributed by atoms with van der Waals surface area (Å²) in [5.74, 6) is 0.277. The zero-order chi connectivity index (χ0) is 14.7. The van der Waals surface area contributed by atoms with Gasteiger partial charge in [0.1, 0.15) is 0 Å². The van der Waals surface area contributed by atoms with Crippen molar-refractivity contribution in [3.8, 4) is 0 Å². The van der Waals surface area contributed by atoms with Crippen LogP contribution in [0.2, 0.25) is 5.02 Å². The molecule has 0 aromatic carbocycles. The molecule has 114 valence electrons. The fraction of sp³-hybridized carbons (Fsp3) is 0.600. The van der Waals surface area contributed by atoms with Crippen LogP contribution in [-0.2, 0) is 11.3 Å². The summed E-state index contributed by atoms with van der Waals surface area (Å²) < 4.78 is 0. The standard InChI is InChI=1S/C15H21ClN4O/c16-13-10-18-4-3-12(13)11-20-7-1-2-14(20)15(21)19-8-5-17-6-9-19/h3-4,10,14,17H,1-2,5-9,11H2. The van der Waals surface area contributed by atoms with Gasteiger partial charge in [-0.25, -0.2) is 0 Å². The van der Waals surface area contributed by atoms with Crippen LogP contribution in [-0.4, -0.2) is 59.5 Å². The summed E-state index contributed by atoms with van der Waals surface area (Å²) >= 11 is 6.19. The summed E-state index contributed by atoms with van der Waals surface area (Å²) in [6.45, 7) is 5.12. The summed E-state index contributed by atoms with van der Waals surface area (Å²) in [5.41, 5.74) is 1.05. The van der Waals surface area contributed by atoms with Gasteiger partial charge in [0.2, 0.25) is 5.91 Å². The van der Waals surface area contributed by atoms with Crippen LogP contribution in [0.5, 0.6) is 0 Å². The van der Waals surface area contributed by atoms with E-state index < -0.39 is 0 Å². The molecule has 1 aromatic heterocycles. The third kappa shape index (κ3) is 3.36. The first-order valence-electron chi connectivity index (χ1n) is 7.57. The van der Waals surface area contributed by atoms with E-state index in [9.17, 15) is 4.79 Å². The van der Waals surface area contributed by atoms with E-state index in [0.717, 1.165) is 57.7 Å². The molecule has 1 amide bonds. The monoisotopic (exact) mass is 308 g/mol. The third-order valence-electron chi connectivity index (χ3n) is 4.31. The Morgan fingerprint density at radius 2 is 2.19 bits per heavy atom. The zero-order valence-corrected chi connectivity index (χ0v) is 12.9.